The number of morpholine rings is 1. The molecule has 3 rings (SSSR count). The molecule has 1 aromatic heterocycles. The Labute approximate surface area is 177 Å². The molecule has 5 nitrogen and oxygen atoms in total. The number of carbonyl (C=O) groups is 1. The van der Waals surface area contributed by atoms with Crippen LogP contribution in [-0.2, 0) is 9.53 Å². The average Bonchev–Trinajstić information content (AvgIpc) is 3.20. The van der Waals surface area contributed by atoms with E-state index in [1.54, 1.807) is 16.2 Å². The quantitative estimate of drug-likeness (QED) is 0.762. The summed E-state index contributed by atoms with van der Waals surface area (Å²) >= 11 is 1.73. The van der Waals surface area contributed by atoms with E-state index in [1.165, 1.54) is 4.88 Å². The van der Waals surface area contributed by atoms with Gasteiger partial charge in [0, 0.05) is 31.6 Å². The molecule has 8 heteroatoms. The first kappa shape index (κ1) is 23.9. The molecule has 0 spiro atoms. The van der Waals surface area contributed by atoms with E-state index in [1.807, 2.05) is 37.4 Å². The first-order valence-corrected chi connectivity index (χ1v) is 9.45. The van der Waals surface area contributed by atoms with Crippen molar-refractivity contribution in [2.45, 2.75) is 12.1 Å². The summed E-state index contributed by atoms with van der Waals surface area (Å²) in [5, 5.41) is 2.08. The standard InChI is InChI=1S/C19H25N3O2S.2ClH/c1-21(19(23)18(20)15-6-3-2-4-7-15)14-16(17-8-5-13-25-17)22-9-11-24-12-10-22;;/h2-8,13,16,18H,9-12,14,20H2,1H3;2*1H. The van der Waals surface area contributed by atoms with E-state index in [4.69, 9.17) is 10.5 Å². The Morgan fingerprint density at radius 1 is 1.19 bits per heavy atom. The highest BCUT2D eigenvalue weighted by atomic mass is 35.5. The third-order valence-electron chi connectivity index (χ3n) is 4.61. The van der Waals surface area contributed by atoms with Gasteiger partial charge in [0.15, 0.2) is 0 Å². The fraction of sp³-hybridized carbons (Fsp3) is 0.421. The Kier molecular flexibility index (Phi) is 10.3. The molecular formula is C19H27Cl2N3O2S. The Morgan fingerprint density at radius 2 is 1.85 bits per heavy atom. The molecule has 0 aliphatic carbocycles. The number of hydrogen-bond acceptors (Lipinski definition) is 5. The lowest BCUT2D eigenvalue weighted by Gasteiger charge is -2.36. The molecule has 0 bridgehead atoms. The van der Waals surface area contributed by atoms with Crippen molar-refractivity contribution >= 4 is 42.1 Å². The number of rotatable bonds is 6. The maximum Gasteiger partial charge on any atom is 0.243 e. The van der Waals surface area contributed by atoms with E-state index in [0.29, 0.717) is 6.54 Å². The fourth-order valence-corrected chi connectivity index (χ4v) is 4.00. The lowest BCUT2D eigenvalue weighted by molar-refractivity contribution is -0.132. The van der Waals surface area contributed by atoms with Gasteiger partial charge in [-0.3, -0.25) is 9.69 Å². The van der Waals surface area contributed by atoms with Gasteiger partial charge in [0.05, 0.1) is 19.3 Å². The minimum absolute atomic E-state index is 0. The van der Waals surface area contributed by atoms with Crippen molar-refractivity contribution in [1.29, 1.82) is 0 Å². The molecule has 27 heavy (non-hydrogen) atoms. The van der Waals surface area contributed by atoms with Crippen LogP contribution in [0.1, 0.15) is 22.5 Å². The first-order chi connectivity index (χ1) is 12.2. The van der Waals surface area contributed by atoms with E-state index in [2.05, 4.69) is 22.4 Å². The Bertz CT molecular complexity index is 667. The van der Waals surface area contributed by atoms with Crippen molar-refractivity contribution < 1.29 is 9.53 Å². The van der Waals surface area contributed by atoms with E-state index >= 15 is 0 Å². The van der Waals surface area contributed by atoms with Gasteiger partial charge in [-0.1, -0.05) is 36.4 Å². The summed E-state index contributed by atoms with van der Waals surface area (Å²) in [4.78, 5) is 18.2. The second-order valence-electron chi connectivity index (χ2n) is 6.29. The summed E-state index contributed by atoms with van der Waals surface area (Å²) < 4.78 is 5.48. The van der Waals surface area contributed by atoms with Crippen LogP contribution in [0.3, 0.4) is 0 Å². The Hall–Kier alpha value is -1.15. The lowest BCUT2D eigenvalue weighted by Crippen LogP contribution is -2.45. The van der Waals surface area contributed by atoms with Crippen LogP contribution in [0.2, 0.25) is 0 Å². The van der Waals surface area contributed by atoms with Gasteiger partial charge in [-0.05, 0) is 17.0 Å². The number of nitrogens with zero attached hydrogens (tertiary/aromatic N) is 2. The SMILES string of the molecule is CN(CC(c1cccs1)N1CCOCC1)C(=O)C(N)c1ccccc1.Cl.Cl. The predicted molar refractivity (Wildman–Crippen MR) is 115 cm³/mol. The van der Waals surface area contributed by atoms with E-state index < -0.39 is 6.04 Å². The normalized spacial score (nSPS) is 16.5. The number of amides is 1. The number of likely N-dealkylation sites (N-methyl/N-ethyl adjacent to an activating group) is 1. The molecule has 2 unspecified atom stereocenters. The topological polar surface area (TPSA) is 58.8 Å². The number of hydrogen-bond donors (Lipinski definition) is 1. The monoisotopic (exact) mass is 431 g/mol. The highest BCUT2D eigenvalue weighted by Crippen LogP contribution is 2.27. The van der Waals surface area contributed by atoms with Gasteiger partial charge < -0.3 is 15.4 Å². The Balaban J connectivity index is 0.00000182. The molecule has 2 N–H and O–H groups in total. The molecular weight excluding hydrogens is 405 g/mol. The van der Waals surface area contributed by atoms with Gasteiger partial charge in [0.1, 0.15) is 6.04 Å². The van der Waals surface area contributed by atoms with E-state index in [0.717, 1.165) is 31.9 Å². The van der Waals surface area contributed by atoms with Crippen molar-refractivity contribution in [2.24, 2.45) is 5.73 Å². The largest absolute Gasteiger partial charge is 0.379 e. The number of nitrogens with two attached hydrogens (primary N) is 1. The second-order valence-corrected chi connectivity index (χ2v) is 7.27. The van der Waals surface area contributed by atoms with Gasteiger partial charge in [-0.25, -0.2) is 0 Å². The Morgan fingerprint density at radius 3 is 2.44 bits per heavy atom. The van der Waals surface area contributed by atoms with Crippen molar-refractivity contribution in [3.8, 4) is 0 Å². The van der Waals surface area contributed by atoms with Crippen LogP contribution in [0.5, 0.6) is 0 Å². The highest BCUT2D eigenvalue weighted by Gasteiger charge is 2.28. The molecule has 150 valence electrons. The van der Waals surface area contributed by atoms with Crippen LogP contribution in [-0.4, -0.2) is 55.6 Å². The molecule has 0 saturated carbocycles. The van der Waals surface area contributed by atoms with Crippen LogP contribution in [0, 0.1) is 0 Å². The van der Waals surface area contributed by atoms with Crippen molar-refractivity contribution in [3.05, 3.63) is 58.3 Å². The molecule has 1 aliphatic heterocycles. The molecule has 2 heterocycles. The molecule has 1 aliphatic rings. The van der Waals surface area contributed by atoms with Crippen molar-refractivity contribution in [2.75, 3.05) is 39.9 Å². The molecule has 2 atom stereocenters. The van der Waals surface area contributed by atoms with E-state index in [9.17, 15) is 4.79 Å². The predicted octanol–water partition coefficient (Wildman–Crippen LogP) is 3.12. The zero-order valence-corrected chi connectivity index (χ0v) is 17.8. The summed E-state index contributed by atoms with van der Waals surface area (Å²) in [6.07, 6.45) is 0. The number of halogens is 2. The molecule has 1 saturated heterocycles. The van der Waals surface area contributed by atoms with Crippen LogP contribution in [0.4, 0.5) is 0 Å². The van der Waals surface area contributed by atoms with Crippen molar-refractivity contribution in [3.63, 3.8) is 0 Å². The molecule has 1 aromatic carbocycles. The van der Waals surface area contributed by atoms with Crippen molar-refractivity contribution in [1.82, 2.24) is 9.80 Å². The summed E-state index contributed by atoms with van der Waals surface area (Å²) in [6, 6.07) is 13.3. The summed E-state index contributed by atoms with van der Waals surface area (Å²) in [6.45, 7) is 3.87. The molecule has 0 radical (unpaired) electrons. The number of carbonyl (C=O) groups excluding carboxylic acids is 1. The lowest BCUT2D eigenvalue weighted by atomic mass is 10.1. The average molecular weight is 432 g/mol. The van der Waals surface area contributed by atoms with Gasteiger partial charge in [-0.2, -0.15) is 0 Å². The maximum absolute atomic E-state index is 12.8. The summed E-state index contributed by atoms with van der Waals surface area (Å²) in [5.41, 5.74) is 7.04. The minimum Gasteiger partial charge on any atom is -0.379 e. The molecule has 1 fully saturated rings. The van der Waals surface area contributed by atoms with Crippen LogP contribution in [0.15, 0.2) is 47.8 Å². The van der Waals surface area contributed by atoms with E-state index in [-0.39, 0.29) is 36.8 Å². The third-order valence-corrected chi connectivity index (χ3v) is 5.58. The van der Waals surface area contributed by atoms with Crippen LogP contribution < -0.4 is 5.73 Å². The second kappa shape index (κ2) is 11.6. The van der Waals surface area contributed by atoms with Gasteiger partial charge in [0.2, 0.25) is 5.91 Å². The van der Waals surface area contributed by atoms with Gasteiger partial charge >= 0.3 is 0 Å². The summed E-state index contributed by atoms with van der Waals surface area (Å²) in [5.74, 6) is -0.0546. The summed E-state index contributed by atoms with van der Waals surface area (Å²) in [7, 11) is 1.84. The maximum atomic E-state index is 12.8. The minimum atomic E-state index is -0.625. The molecule has 1 amide bonds. The number of ether oxygens (including phenoxy) is 1. The number of benzene rings is 1. The highest BCUT2D eigenvalue weighted by molar-refractivity contribution is 7.10. The first-order valence-electron chi connectivity index (χ1n) is 8.57. The van der Waals surface area contributed by atoms with Gasteiger partial charge in [-0.15, -0.1) is 36.2 Å². The van der Waals surface area contributed by atoms with Gasteiger partial charge in [0.25, 0.3) is 0 Å². The zero-order chi connectivity index (χ0) is 17.6. The zero-order valence-electron chi connectivity index (χ0n) is 15.3. The fourth-order valence-electron chi connectivity index (χ4n) is 3.15. The smallest absolute Gasteiger partial charge is 0.243 e. The van der Waals surface area contributed by atoms with Crippen LogP contribution in [0.25, 0.3) is 0 Å². The van der Waals surface area contributed by atoms with Crippen LogP contribution >= 0.6 is 36.2 Å². The third kappa shape index (κ3) is 6.17. The number of thiophene rings is 1. The molecule has 2 aromatic rings.